The first-order chi connectivity index (χ1) is 11.3. The second-order valence-electron chi connectivity index (χ2n) is 5.18. The number of aromatic carboxylic acids is 1. The van der Waals surface area contributed by atoms with Crippen LogP contribution in [0.3, 0.4) is 0 Å². The van der Waals surface area contributed by atoms with E-state index >= 15 is 0 Å². The summed E-state index contributed by atoms with van der Waals surface area (Å²) in [4.78, 5) is 25.2. The lowest BCUT2D eigenvalue weighted by Crippen LogP contribution is -2.15. The molecule has 3 N–H and O–H groups in total. The zero-order valence-electron chi connectivity index (χ0n) is 13.4. The Bertz CT molecular complexity index is 862. The molecule has 2 rings (SSSR count). The van der Waals surface area contributed by atoms with Gasteiger partial charge in [-0.3, -0.25) is 0 Å². The monoisotopic (exact) mass is 328 g/mol. The number of ether oxygens (including phenoxy) is 1. The Morgan fingerprint density at radius 1 is 1.38 bits per heavy atom. The number of carbonyl (C=O) groups is 2. The number of nitrogen functional groups attached to an aromatic ring is 1. The summed E-state index contributed by atoms with van der Waals surface area (Å²) < 4.78 is 6.06. The molecular weight excluding hydrogens is 312 g/mol. The molecule has 8 heteroatoms. The molecule has 0 saturated carbocycles. The summed E-state index contributed by atoms with van der Waals surface area (Å²) in [6, 6.07) is 6.55. The molecule has 0 fully saturated rings. The van der Waals surface area contributed by atoms with Crippen LogP contribution in [-0.2, 0) is 4.74 Å². The van der Waals surface area contributed by atoms with Crippen molar-refractivity contribution in [2.75, 3.05) is 31.8 Å². The van der Waals surface area contributed by atoms with Crippen LogP contribution >= 0.6 is 0 Å². The average molecular weight is 328 g/mol. The maximum absolute atomic E-state index is 12.0. The Morgan fingerprint density at radius 2 is 2.04 bits per heavy atom. The van der Waals surface area contributed by atoms with Gasteiger partial charge in [-0.15, -0.1) is 0 Å². The van der Waals surface area contributed by atoms with Crippen LogP contribution in [0.4, 0.5) is 11.4 Å². The Kier molecular flexibility index (Phi) is 4.46. The van der Waals surface area contributed by atoms with Crippen molar-refractivity contribution in [3.05, 3.63) is 41.2 Å². The van der Waals surface area contributed by atoms with Gasteiger partial charge >= 0.3 is 11.9 Å². The minimum absolute atomic E-state index is 0.0158. The second-order valence-corrected chi connectivity index (χ2v) is 5.18. The number of aromatic nitrogens is 1. The van der Waals surface area contributed by atoms with Crippen LogP contribution in [0.25, 0.3) is 5.69 Å². The minimum Gasteiger partial charge on any atom is -0.478 e. The molecule has 0 aliphatic rings. The molecule has 8 nitrogen and oxygen atoms in total. The smallest absolute Gasteiger partial charge is 0.357 e. The zero-order valence-corrected chi connectivity index (χ0v) is 13.4. The van der Waals surface area contributed by atoms with Crippen molar-refractivity contribution >= 4 is 23.3 Å². The molecule has 2 aromatic rings. The molecule has 1 aromatic heterocycles. The maximum Gasteiger partial charge on any atom is 0.357 e. The van der Waals surface area contributed by atoms with Crippen molar-refractivity contribution in [3.8, 4) is 11.8 Å². The van der Waals surface area contributed by atoms with Gasteiger partial charge in [0.05, 0.1) is 29.6 Å². The lowest BCUT2D eigenvalue weighted by atomic mass is 10.1. The van der Waals surface area contributed by atoms with Gasteiger partial charge in [0, 0.05) is 26.0 Å². The lowest BCUT2D eigenvalue weighted by molar-refractivity contribution is 0.0592. The largest absolute Gasteiger partial charge is 0.478 e. The van der Waals surface area contributed by atoms with E-state index in [0.29, 0.717) is 11.4 Å². The Balaban J connectivity index is 2.73. The highest BCUT2D eigenvalue weighted by molar-refractivity contribution is 5.97. The summed E-state index contributed by atoms with van der Waals surface area (Å²) >= 11 is 0. The van der Waals surface area contributed by atoms with Crippen LogP contribution < -0.4 is 10.6 Å². The van der Waals surface area contributed by atoms with Gasteiger partial charge < -0.3 is 25.0 Å². The van der Waals surface area contributed by atoms with E-state index in [2.05, 4.69) is 0 Å². The van der Waals surface area contributed by atoms with E-state index in [9.17, 15) is 14.7 Å². The van der Waals surface area contributed by atoms with Crippen molar-refractivity contribution in [1.29, 1.82) is 5.26 Å². The zero-order chi connectivity index (χ0) is 18.0. The first-order valence-corrected chi connectivity index (χ1v) is 6.86. The van der Waals surface area contributed by atoms with Crippen molar-refractivity contribution in [3.63, 3.8) is 0 Å². The van der Waals surface area contributed by atoms with Gasteiger partial charge in [-0.05, 0) is 18.2 Å². The number of benzene rings is 1. The minimum atomic E-state index is -1.11. The first kappa shape index (κ1) is 16.9. The number of carboxylic acid groups (broad SMARTS) is 1. The van der Waals surface area contributed by atoms with E-state index in [4.69, 9.17) is 15.7 Å². The van der Waals surface area contributed by atoms with Gasteiger partial charge in [-0.25, -0.2) is 9.59 Å². The lowest BCUT2D eigenvalue weighted by Gasteiger charge is -2.17. The van der Waals surface area contributed by atoms with E-state index in [1.54, 1.807) is 31.1 Å². The normalized spacial score (nSPS) is 10.1. The van der Waals surface area contributed by atoms with Crippen LogP contribution in [0.15, 0.2) is 24.4 Å². The fraction of sp³-hybridized carbons (Fsp3) is 0.188. The third kappa shape index (κ3) is 2.75. The topological polar surface area (TPSA) is 122 Å². The number of nitriles is 1. The number of rotatable bonds is 4. The molecule has 1 aromatic carbocycles. The number of hydrogen-bond donors (Lipinski definition) is 2. The standard InChI is InChI=1S/C16H16N4O4/c1-19(2)12-5-4-10(6-11(12)15(21)22)20-8-9(7-17)13(18)14(20)16(23)24-3/h4-6,8H,18H2,1-3H3,(H,21,22). The van der Waals surface area contributed by atoms with E-state index in [0.717, 1.165) is 0 Å². The summed E-state index contributed by atoms with van der Waals surface area (Å²) in [6.45, 7) is 0. The first-order valence-electron chi connectivity index (χ1n) is 6.86. The molecule has 0 aliphatic heterocycles. The third-order valence-corrected chi connectivity index (χ3v) is 3.51. The molecule has 0 radical (unpaired) electrons. The highest BCUT2D eigenvalue weighted by atomic mass is 16.5. The Hall–Kier alpha value is -3.47. The van der Waals surface area contributed by atoms with E-state index in [-0.39, 0.29) is 22.5 Å². The molecular formula is C16H16N4O4. The predicted molar refractivity (Wildman–Crippen MR) is 87.5 cm³/mol. The highest BCUT2D eigenvalue weighted by Gasteiger charge is 2.23. The summed E-state index contributed by atoms with van der Waals surface area (Å²) in [5.74, 6) is -1.83. The van der Waals surface area contributed by atoms with E-state index in [1.807, 2.05) is 6.07 Å². The number of methoxy groups -OCH3 is 1. The van der Waals surface area contributed by atoms with E-state index < -0.39 is 11.9 Å². The quantitative estimate of drug-likeness (QED) is 0.815. The molecule has 24 heavy (non-hydrogen) atoms. The molecule has 0 saturated heterocycles. The number of carbonyl (C=O) groups excluding carboxylic acids is 1. The number of carboxylic acids is 1. The summed E-state index contributed by atoms with van der Waals surface area (Å²) in [5, 5.41) is 18.5. The maximum atomic E-state index is 12.0. The Labute approximate surface area is 138 Å². The molecule has 0 unspecified atom stereocenters. The van der Waals surface area contributed by atoms with Gasteiger partial charge in [0.2, 0.25) is 0 Å². The van der Waals surface area contributed by atoms with Crippen molar-refractivity contribution in [1.82, 2.24) is 4.57 Å². The molecule has 0 spiro atoms. The molecule has 0 aliphatic carbocycles. The van der Waals surface area contributed by atoms with Gasteiger partial charge in [0.15, 0.2) is 5.69 Å². The van der Waals surface area contributed by atoms with Crippen LogP contribution in [0, 0.1) is 11.3 Å². The second kappa shape index (κ2) is 6.34. The summed E-state index contributed by atoms with van der Waals surface area (Å²) in [7, 11) is 4.65. The van der Waals surface area contributed by atoms with Crippen LogP contribution in [0.2, 0.25) is 0 Å². The van der Waals surface area contributed by atoms with Gasteiger partial charge in [0.1, 0.15) is 6.07 Å². The Morgan fingerprint density at radius 3 is 2.54 bits per heavy atom. The summed E-state index contributed by atoms with van der Waals surface area (Å²) in [5.41, 5.74) is 6.84. The number of esters is 1. The van der Waals surface area contributed by atoms with Gasteiger partial charge in [-0.1, -0.05) is 0 Å². The van der Waals surface area contributed by atoms with Crippen LogP contribution in [-0.4, -0.2) is 42.8 Å². The highest BCUT2D eigenvalue weighted by Crippen LogP contribution is 2.28. The van der Waals surface area contributed by atoms with Crippen molar-refractivity contribution in [2.45, 2.75) is 0 Å². The average Bonchev–Trinajstić information content (AvgIpc) is 2.89. The number of nitrogens with zero attached hydrogens (tertiary/aromatic N) is 3. The fourth-order valence-corrected chi connectivity index (χ4v) is 2.35. The molecule has 0 bridgehead atoms. The molecule has 124 valence electrons. The molecule has 0 atom stereocenters. The van der Waals surface area contributed by atoms with Gasteiger partial charge in [0.25, 0.3) is 0 Å². The van der Waals surface area contributed by atoms with Crippen LogP contribution in [0.5, 0.6) is 0 Å². The SMILES string of the molecule is COC(=O)c1c(N)c(C#N)cn1-c1ccc(N(C)C)c(C(=O)O)c1. The van der Waals surface area contributed by atoms with Crippen LogP contribution in [0.1, 0.15) is 26.4 Å². The van der Waals surface area contributed by atoms with Crippen molar-refractivity contribution in [2.24, 2.45) is 0 Å². The molecule has 1 heterocycles. The summed E-state index contributed by atoms with van der Waals surface area (Å²) in [6.07, 6.45) is 1.37. The van der Waals surface area contributed by atoms with Crippen molar-refractivity contribution < 1.29 is 19.4 Å². The predicted octanol–water partition coefficient (Wildman–Crippen LogP) is 1.48. The number of nitrogens with two attached hydrogens (primary N) is 1. The number of anilines is 2. The molecule has 0 amide bonds. The third-order valence-electron chi connectivity index (χ3n) is 3.51. The van der Waals surface area contributed by atoms with Gasteiger partial charge in [-0.2, -0.15) is 5.26 Å². The fourth-order valence-electron chi connectivity index (χ4n) is 2.35. The van der Waals surface area contributed by atoms with E-state index in [1.165, 1.54) is 23.9 Å². The number of hydrogen-bond acceptors (Lipinski definition) is 6.